The topological polar surface area (TPSA) is 55.1 Å². The van der Waals surface area contributed by atoms with Crippen molar-refractivity contribution in [3.8, 4) is 0 Å². The van der Waals surface area contributed by atoms with Gasteiger partial charge >= 0.3 is 0 Å². The van der Waals surface area contributed by atoms with Crippen molar-refractivity contribution in [2.24, 2.45) is 5.73 Å². The summed E-state index contributed by atoms with van der Waals surface area (Å²) in [5.74, 6) is -1.15. The van der Waals surface area contributed by atoms with Crippen LogP contribution in [0.3, 0.4) is 0 Å². The van der Waals surface area contributed by atoms with Crippen LogP contribution in [0.1, 0.15) is 11.6 Å². The molecule has 104 valence electrons. The maximum atomic E-state index is 13.8. The highest BCUT2D eigenvalue weighted by atomic mass is 79.9. The number of anilines is 1. The van der Waals surface area contributed by atoms with Gasteiger partial charge in [-0.15, -0.1) is 0 Å². The minimum absolute atomic E-state index is 0.200. The normalized spacial score (nSPS) is 11.9. The van der Waals surface area contributed by atoms with Crippen LogP contribution in [0.2, 0.25) is 5.02 Å². The molecule has 2 rings (SSSR count). The first-order chi connectivity index (χ1) is 9.49. The molecule has 2 aromatic rings. The lowest BCUT2D eigenvalue weighted by atomic mass is 10.1. The first-order valence-electron chi connectivity index (χ1n) is 5.74. The maximum Gasteiger partial charge on any atom is 0.244 e. The van der Waals surface area contributed by atoms with Gasteiger partial charge in [0.15, 0.2) is 0 Å². The van der Waals surface area contributed by atoms with E-state index in [9.17, 15) is 9.18 Å². The Morgan fingerprint density at radius 2 is 2.00 bits per heavy atom. The van der Waals surface area contributed by atoms with Crippen molar-refractivity contribution in [2.45, 2.75) is 6.04 Å². The summed E-state index contributed by atoms with van der Waals surface area (Å²) in [6.45, 7) is 0. The van der Waals surface area contributed by atoms with E-state index in [4.69, 9.17) is 17.3 Å². The van der Waals surface area contributed by atoms with Crippen LogP contribution in [0.4, 0.5) is 10.1 Å². The van der Waals surface area contributed by atoms with Gasteiger partial charge in [0.05, 0.1) is 5.02 Å². The zero-order valence-electron chi connectivity index (χ0n) is 10.2. The molecule has 3 N–H and O–H groups in total. The molecule has 0 aromatic heterocycles. The lowest BCUT2D eigenvalue weighted by molar-refractivity contribution is -0.118. The molecule has 0 aliphatic carbocycles. The van der Waals surface area contributed by atoms with Gasteiger partial charge in [-0.2, -0.15) is 0 Å². The molecule has 6 heteroatoms. The Balaban J connectivity index is 2.33. The van der Waals surface area contributed by atoms with E-state index in [0.717, 1.165) is 0 Å². The Labute approximate surface area is 129 Å². The molecule has 20 heavy (non-hydrogen) atoms. The summed E-state index contributed by atoms with van der Waals surface area (Å²) in [4.78, 5) is 11.6. The van der Waals surface area contributed by atoms with Gasteiger partial charge in [-0.25, -0.2) is 4.39 Å². The predicted molar refractivity (Wildman–Crippen MR) is 81.1 cm³/mol. The highest BCUT2D eigenvalue weighted by Gasteiger charge is 2.21. The van der Waals surface area contributed by atoms with Crippen molar-refractivity contribution < 1.29 is 9.18 Å². The van der Waals surface area contributed by atoms with Gasteiger partial charge in [0.25, 0.3) is 0 Å². The highest BCUT2D eigenvalue weighted by Crippen LogP contribution is 2.28. The van der Waals surface area contributed by atoms with Crippen molar-refractivity contribution >= 4 is 39.1 Å². The second kappa shape index (κ2) is 6.24. The molecule has 0 saturated carbocycles. The smallest absolute Gasteiger partial charge is 0.244 e. The van der Waals surface area contributed by atoms with Gasteiger partial charge in [0.2, 0.25) is 5.91 Å². The lowest BCUT2D eigenvalue weighted by Gasteiger charge is -2.18. The number of amides is 1. The molecule has 0 radical (unpaired) electrons. The first-order valence-corrected chi connectivity index (χ1v) is 6.91. The molecule has 0 heterocycles. The SMILES string of the molecule is NC(=O)C(Nc1ccc(Cl)c(Br)c1)c1ccccc1F. The number of benzene rings is 2. The van der Waals surface area contributed by atoms with E-state index < -0.39 is 17.8 Å². The average Bonchev–Trinajstić information content (AvgIpc) is 2.41. The van der Waals surface area contributed by atoms with Crippen molar-refractivity contribution in [1.29, 1.82) is 0 Å². The summed E-state index contributed by atoms with van der Waals surface area (Å²) in [5, 5.41) is 3.44. The Morgan fingerprint density at radius 1 is 1.30 bits per heavy atom. The molecule has 0 aliphatic rings. The Hall–Kier alpha value is -1.59. The summed E-state index contributed by atoms with van der Waals surface area (Å²) in [6, 6.07) is 10.1. The molecule has 3 nitrogen and oxygen atoms in total. The standard InChI is InChI=1S/C14H11BrClFN2O/c15-10-7-8(5-6-11(10)16)19-13(14(18)20)9-3-1-2-4-12(9)17/h1-7,13,19H,(H2,18,20). The molecule has 0 aliphatic heterocycles. The predicted octanol–water partition coefficient (Wildman–Crippen LogP) is 3.88. The molecule has 0 saturated heterocycles. The van der Waals surface area contributed by atoms with Gasteiger partial charge in [0.1, 0.15) is 11.9 Å². The summed E-state index contributed by atoms with van der Waals surface area (Å²) >= 11 is 9.18. The van der Waals surface area contributed by atoms with E-state index in [1.807, 2.05) is 0 Å². The summed E-state index contributed by atoms with van der Waals surface area (Å²) in [5.41, 5.74) is 6.15. The van der Waals surface area contributed by atoms with E-state index >= 15 is 0 Å². The maximum absolute atomic E-state index is 13.8. The summed E-state index contributed by atoms with van der Waals surface area (Å²) in [6.07, 6.45) is 0. The minimum atomic E-state index is -0.954. The number of nitrogens with one attached hydrogen (secondary N) is 1. The zero-order chi connectivity index (χ0) is 14.7. The first kappa shape index (κ1) is 14.8. The number of rotatable bonds is 4. The van der Waals surface area contributed by atoms with Crippen LogP contribution in [-0.2, 0) is 4.79 Å². The van der Waals surface area contributed by atoms with E-state index in [0.29, 0.717) is 15.2 Å². The van der Waals surface area contributed by atoms with Crippen molar-refractivity contribution in [2.75, 3.05) is 5.32 Å². The number of hydrogen-bond donors (Lipinski definition) is 2. The number of nitrogens with two attached hydrogens (primary N) is 1. The second-order valence-corrected chi connectivity index (χ2v) is 5.39. The summed E-state index contributed by atoms with van der Waals surface area (Å²) < 4.78 is 14.4. The number of primary amides is 1. The van der Waals surface area contributed by atoms with Crippen LogP contribution in [0.5, 0.6) is 0 Å². The van der Waals surface area contributed by atoms with Crippen LogP contribution < -0.4 is 11.1 Å². The third-order valence-corrected chi connectivity index (χ3v) is 3.95. The Kier molecular flexibility index (Phi) is 4.62. The van der Waals surface area contributed by atoms with Crippen LogP contribution in [-0.4, -0.2) is 5.91 Å². The average molecular weight is 358 g/mol. The summed E-state index contributed by atoms with van der Waals surface area (Å²) in [7, 11) is 0. The second-order valence-electron chi connectivity index (χ2n) is 4.13. The number of halogens is 3. The largest absolute Gasteiger partial charge is 0.370 e. The minimum Gasteiger partial charge on any atom is -0.370 e. The lowest BCUT2D eigenvalue weighted by Crippen LogP contribution is -2.28. The van der Waals surface area contributed by atoms with Crippen molar-refractivity contribution in [3.63, 3.8) is 0 Å². The molecular weight excluding hydrogens is 347 g/mol. The van der Waals surface area contributed by atoms with E-state index in [1.165, 1.54) is 12.1 Å². The Morgan fingerprint density at radius 3 is 2.60 bits per heavy atom. The number of carbonyl (C=O) groups excluding carboxylic acids is 1. The van der Waals surface area contributed by atoms with Crippen molar-refractivity contribution in [1.82, 2.24) is 0 Å². The highest BCUT2D eigenvalue weighted by molar-refractivity contribution is 9.10. The van der Waals surface area contributed by atoms with Crippen LogP contribution >= 0.6 is 27.5 Å². The zero-order valence-corrected chi connectivity index (χ0v) is 12.6. The quantitative estimate of drug-likeness (QED) is 0.872. The van der Waals surface area contributed by atoms with Gasteiger partial charge in [-0.1, -0.05) is 29.8 Å². The van der Waals surface area contributed by atoms with Gasteiger partial charge in [0, 0.05) is 15.7 Å². The van der Waals surface area contributed by atoms with Crippen molar-refractivity contribution in [3.05, 3.63) is 63.3 Å². The van der Waals surface area contributed by atoms with E-state index in [-0.39, 0.29) is 5.56 Å². The van der Waals surface area contributed by atoms with Gasteiger partial charge < -0.3 is 11.1 Å². The molecule has 1 unspecified atom stereocenters. The third kappa shape index (κ3) is 3.29. The Bertz CT molecular complexity index is 651. The third-order valence-electron chi connectivity index (χ3n) is 2.73. The molecule has 1 atom stereocenters. The van der Waals surface area contributed by atoms with Gasteiger partial charge in [-0.05, 0) is 40.2 Å². The van der Waals surface area contributed by atoms with Crippen LogP contribution in [0.25, 0.3) is 0 Å². The molecule has 0 fully saturated rings. The fraction of sp³-hybridized carbons (Fsp3) is 0.0714. The fourth-order valence-corrected chi connectivity index (χ4v) is 2.26. The van der Waals surface area contributed by atoms with Crippen LogP contribution in [0, 0.1) is 5.82 Å². The number of carbonyl (C=O) groups is 1. The van der Waals surface area contributed by atoms with Gasteiger partial charge in [-0.3, -0.25) is 4.79 Å². The number of hydrogen-bond acceptors (Lipinski definition) is 2. The molecular formula is C14H11BrClFN2O. The van der Waals surface area contributed by atoms with Crippen LogP contribution in [0.15, 0.2) is 46.9 Å². The van der Waals surface area contributed by atoms with E-state index in [1.54, 1.807) is 30.3 Å². The van der Waals surface area contributed by atoms with E-state index in [2.05, 4.69) is 21.2 Å². The molecule has 2 aromatic carbocycles. The molecule has 0 bridgehead atoms. The fourth-order valence-electron chi connectivity index (χ4n) is 1.76. The molecule has 1 amide bonds. The monoisotopic (exact) mass is 356 g/mol. The molecule has 0 spiro atoms.